The maximum atomic E-state index is 13.2. The number of imide groups is 1. The number of rotatable bonds is 16. The molecule has 1 aliphatic carbocycles. The van der Waals surface area contributed by atoms with Gasteiger partial charge in [-0.2, -0.15) is 4.98 Å². The summed E-state index contributed by atoms with van der Waals surface area (Å²) in [6, 6.07) is 17.3. The first-order valence-corrected chi connectivity index (χ1v) is 25.9. The van der Waals surface area contributed by atoms with Crippen LogP contribution in [0.2, 0.25) is 5.02 Å². The predicted octanol–water partition coefficient (Wildman–Crippen LogP) is 6.96. The van der Waals surface area contributed by atoms with Crippen LogP contribution in [-0.4, -0.2) is 127 Å². The Morgan fingerprint density at radius 1 is 0.877 bits per heavy atom. The molecule has 1 saturated carbocycles. The van der Waals surface area contributed by atoms with Crippen molar-refractivity contribution in [3.63, 3.8) is 0 Å². The van der Waals surface area contributed by atoms with Crippen LogP contribution < -0.4 is 35.6 Å². The number of hydrogen-bond donors (Lipinski definition) is 3. The summed E-state index contributed by atoms with van der Waals surface area (Å²) in [4.78, 5) is 55.9. The number of methoxy groups -OCH3 is 1. The van der Waals surface area contributed by atoms with Crippen molar-refractivity contribution in [2.24, 2.45) is 0 Å². The monoisotopic (exact) mass is 923 g/mol. The summed E-state index contributed by atoms with van der Waals surface area (Å²) in [5.74, 6) is 1.85. The molecule has 5 heterocycles. The minimum atomic E-state index is -2.56. The highest BCUT2D eigenvalue weighted by Gasteiger charge is 2.40. The minimum absolute atomic E-state index is 0.185. The van der Waals surface area contributed by atoms with E-state index in [1.54, 1.807) is 37.6 Å². The number of piperidine rings is 2. The quantitative estimate of drug-likeness (QED) is 0.0602. The molecular formula is C48H59ClN9O6P. The second-order valence-electron chi connectivity index (χ2n) is 18.2. The van der Waals surface area contributed by atoms with Gasteiger partial charge in [0.05, 0.1) is 37.8 Å². The number of ether oxygens (including phenoxy) is 2. The van der Waals surface area contributed by atoms with Crippen LogP contribution in [0.25, 0.3) is 0 Å². The molecule has 5 aliphatic rings. The summed E-state index contributed by atoms with van der Waals surface area (Å²) in [5.41, 5.74) is 5.47. The Morgan fingerprint density at radius 2 is 1.66 bits per heavy atom. The number of piperazine rings is 1. The molecule has 3 aromatic carbocycles. The smallest absolute Gasteiger partial charge is 0.255 e. The van der Waals surface area contributed by atoms with Crippen molar-refractivity contribution in [3.05, 3.63) is 82.5 Å². The lowest BCUT2D eigenvalue weighted by atomic mass is 9.99. The van der Waals surface area contributed by atoms with E-state index >= 15 is 0 Å². The highest BCUT2D eigenvalue weighted by molar-refractivity contribution is 7.70. The van der Waals surface area contributed by atoms with Gasteiger partial charge in [-0.25, -0.2) is 4.98 Å². The number of aromatic nitrogens is 2. The molecule has 4 aliphatic heterocycles. The van der Waals surface area contributed by atoms with Gasteiger partial charge >= 0.3 is 0 Å². The second kappa shape index (κ2) is 19.3. The minimum Gasteiger partial charge on any atom is -0.494 e. The highest BCUT2D eigenvalue weighted by Crippen LogP contribution is 2.48. The molecule has 1 atom stereocenters. The Labute approximate surface area is 385 Å². The topological polar surface area (TPSA) is 162 Å². The molecule has 0 radical (unpaired) electrons. The average molecular weight is 924 g/mol. The number of anilines is 5. The van der Waals surface area contributed by atoms with Gasteiger partial charge in [0.25, 0.3) is 5.91 Å². The zero-order chi connectivity index (χ0) is 45.2. The molecule has 4 aromatic rings. The molecule has 0 spiro atoms. The van der Waals surface area contributed by atoms with Crippen molar-refractivity contribution in [1.29, 1.82) is 0 Å². The van der Waals surface area contributed by atoms with Crippen LogP contribution in [0.4, 0.5) is 28.8 Å². The molecule has 1 aromatic heterocycles. The fraction of sp³-hybridized carbons (Fsp3) is 0.479. The van der Waals surface area contributed by atoms with E-state index in [1.807, 2.05) is 36.4 Å². The van der Waals surface area contributed by atoms with Crippen molar-refractivity contribution in [1.82, 2.24) is 30.0 Å². The first-order chi connectivity index (χ1) is 31.4. The van der Waals surface area contributed by atoms with Crippen molar-refractivity contribution in [3.8, 4) is 11.5 Å². The lowest BCUT2D eigenvalue weighted by Gasteiger charge is -2.43. The van der Waals surface area contributed by atoms with E-state index in [2.05, 4.69) is 47.8 Å². The third-order valence-corrected chi connectivity index (χ3v) is 15.3. The molecule has 15 nitrogen and oxygen atoms in total. The Balaban J connectivity index is 0.742. The number of unbranched alkanes of at least 4 members (excludes halogenated alkanes) is 1. The number of nitrogens with one attached hydrogen (secondary N) is 3. The van der Waals surface area contributed by atoms with Crippen LogP contribution in [0.5, 0.6) is 11.5 Å². The Bertz CT molecular complexity index is 2480. The number of para-hydroxylation sites is 1. The van der Waals surface area contributed by atoms with Crippen LogP contribution in [-0.2, 0) is 20.7 Å². The summed E-state index contributed by atoms with van der Waals surface area (Å²) >= 11 is 6.56. The van der Waals surface area contributed by atoms with E-state index in [0.717, 1.165) is 93.8 Å². The van der Waals surface area contributed by atoms with Crippen LogP contribution in [0.15, 0.2) is 60.8 Å². The first-order valence-electron chi connectivity index (χ1n) is 23.0. The molecule has 65 heavy (non-hydrogen) atoms. The van der Waals surface area contributed by atoms with E-state index in [-0.39, 0.29) is 18.2 Å². The average Bonchev–Trinajstić information content (AvgIpc) is 4.10. The molecule has 1 unspecified atom stereocenters. The summed E-state index contributed by atoms with van der Waals surface area (Å²) in [6.45, 7) is 11.6. The van der Waals surface area contributed by atoms with E-state index in [1.165, 1.54) is 24.1 Å². The van der Waals surface area contributed by atoms with Gasteiger partial charge in [0.1, 0.15) is 29.7 Å². The lowest BCUT2D eigenvalue weighted by Crippen LogP contribution is -2.53. The molecule has 3 saturated heterocycles. The van der Waals surface area contributed by atoms with Crippen LogP contribution in [0, 0.1) is 0 Å². The van der Waals surface area contributed by atoms with E-state index in [4.69, 9.17) is 26.1 Å². The van der Waals surface area contributed by atoms with Crippen molar-refractivity contribution in [2.45, 2.75) is 75.9 Å². The summed E-state index contributed by atoms with van der Waals surface area (Å²) in [7, 11) is -0.859. The van der Waals surface area contributed by atoms with Gasteiger partial charge in [-0.05, 0) is 107 Å². The fourth-order valence-electron chi connectivity index (χ4n) is 9.80. The Kier molecular flexibility index (Phi) is 13.4. The normalized spacial score (nSPS) is 19.9. The maximum absolute atomic E-state index is 13.2. The lowest BCUT2D eigenvalue weighted by molar-refractivity contribution is -0.136. The van der Waals surface area contributed by atoms with Gasteiger partial charge in [0.15, 0.2) is 5.82 Å². The molecule has 0 bridgehead atoms. The van der Waals surface area contributed by atoms with Gasteiger partial charge in [-0.15, -0.1) is 0 Å². The SMILES string of the molecule is COc1cc(N2CCC(N3CCN(CCCCOc4cccc5c4CN(C4CCC(=O)NC4=O)C5=O)CC3)CC2)c(C2CC2)cc1Nc1ncc(Cl)c(Nc2ccccc2P(C)(C)=O)n1. The van der Waals surface area contributed by atoms with Gasteiger partial charge in [0, 0.05) is 79.9 Å². The second-order valence-corrected chi connectivity index (χ2v) is 21.8. The van der Waals surface area contributed by atoms with Crippen molar-refractivity contribution >= 4 is 70.6 Å². The molecule has 17 heteroatoms. The Hall–Kier alpha value is -5.21. The van der Waals surface area contributed by atoms with E-state index in [0.29, 0.717) is 65.3 Å². The number of hydrogen-bond acceptors (Lipinski definition) is 13. The van der Waals surface area contributed by atoms with Crippen LogP contribution >= 0.6 is 18.7 Å². The maximum Gasteiger partial charge on any atom is 0.255 e. The Morgan fingerprint density at radius 3 is 2.40 bits per heavy atom. The van der Waals surface area contributed by atoms with Crippen molar-refractivity contribution in [2.75, 3.05) is 88.4 Å². The molecule has 3 amide bonds. The van der Waals surface area contributed by atoms with E-state index in [9.17, 15) is 18.9 Å². The zero-order valence-corrected chi connectivity index (χ0v) is 39.1. The van der Waals surface area contributed by atoms with E-state index < -0.39 is 19.1 Å². The van der Waals surface area contributed by atoms with Gasteiger partial charge < -0.3 is 39.4 Å². The number of benzene rings is 3. The number of nitrogens with zero attached hydrogens (tertiary/aromatic N) is 6. The standard InChI is InChI=1S/C48H59ClN9O6P/c1-63-42-28-40(34(31-13-14-31)27-38(42)52-48-50-29-36(49)45(54-48)51-37-10-4-5-12-43(37)65(2,3)62)57-20-17-32(18-21-57)56-24-22-55(23-25-56)19-6-7-26-64-41-11-8-9-33-35(41)30-58(47(33)61)39-15-16-44(59)53-46(39)60/h4-5,8-12,27-29,31-32,39H,6-7,13-26,30H2,1-3H3,(H,53,59,60)(H2,50,51,52,54). The highest BCUT2D eigenvalue weighted by atomic mass is 35.5. The van der Waals surface area contributed by atoms with Crippen LogP contribution in [0.3, 0.4) is 0 Å². The number of carbonyl (C=O) groups excluding carboxylic acids is 3. The molecule has 344 valence electrons. The fourth-order valence-corrected chi connectivity index (χ4v) is 11.1. The number of halogens is 1. The predicted molar refractivity (Wildman–Crippen MR) is 255 cm³/mol. The molecular weight excluding hydrogens is 865 g/mol. The van der Waals surface area contributed by atoms with Crippen LogP contribution in [0.1, 0.15) is 78.8 Å². The largest absolute Gasteiger partial charge is 0.494 e. The molecule has 9 rings (SSSR count). The first kappa shape index (κ1) is 45.0. The third-order valence-electron chi connectivity index (χ3n) is 13.5. The summed E-state index contributed by atoms with van der Waals surface area (Å²) in [6.07, 6.45) is 8.64. The summed E-state index contributed by atoms with van der Waals surface area (Å²) < 4.78 is 25.2. The number of amides is 3. The van der Waals surface area contributed by atoms with Gasteiger partial charge in [-0.1, -0.05) is 29.8 Å². The van der Waals surface area contributed by atoms with Crippen molar-refractivity contribution < 1.29 is 28.4 Å². The number of carbonyl (C=O) groups is 3. The zero-order valence-electron chi connectivity index (χ0n) is 37.5. The molecule has 4 fully saturated rings. The van der Waals surface area contributed by atoms with Gasteiger partial charge in [0.2, 0.25) is 17.8 Å². The van der Waals surface area contributed by atoms with Gasteiger partial charge in [-0.3, -0.25) is 24.6 Å². The third kappa shape index (κ3) is 10.1. The summed E-state index contributed by atoms with van der Waals surface area (Å²) in [5, 5.41) is 10.2. The molecule has 3 N–H and O–H groups in total. The number of fused-ring (bicyclic) bond motifs is 1.